The fraction of sp³-hybridized carbons (Fsp3) is 0.167. The van der Waals surface area contributed by atoms with Crippen molar-refractivity contribution in [2.24, 2.45) is 0 Å². The smallest absolute Gasteiger partial charge is 0.269 e. The van der Waals surface area contributed by atoms with Crippen LogP contribution < -0.4 is 0 Å². The Balaban J connectivity index is 2.31. The number of benzene rings is 2. The van der Waals surface area contributed by atoms with Crippen LogP contribution in [-0.2, 0) is 11.2 Å². The van der Waals surface area contributed by atoms with E-state index in [0.717, 1.165) is 17.5 Å². The van der Waals surface area contributed by atoms with Gasteiger partial charge in [-0.3, -0.25) is 10.0 Å². The SMILES string of the molecule is CSc1ccc(/C=C/C(=O)N(C)O)c(Cc2ccccc2)c1. The van der Waals surface area contributed by atoms with Crippen LogP contribution in [0.3, 0.4) is 0 Å². The van der Waals surface area contributed by atoms with Gasteiger partial charge in [0.25, 0.3) is 5.91 Å². The van der Waals surface area contributed by atoms with Gasteiger partial charge in [0.2, 0.25) is 0 Å². The van der Waals surface area contributed by atoms with E-state index in [9.17, 15) is 4.79 Å². The monoisotopic (exact) mass is 313 g/mol. The van der Waals surface area contributed by atoms with Gasteiger partial charge in [-0.05, 0) is 47.6 Å². The molecule has 2 aromatic carbocycles. The fourth-order valence-electron chi connectivity index (χ4n) is 2.11. The Kier molecular flexibility index (Phi) is 5.81. The van der Waals surface area contributed by atoms with E-state index in [4.69, 9.17) is 5.21 Å². The topological polar surface area (TPSA) is 40.5 Å². The molecular weight excluding hydrogens is 294 g/mol. The molecule has 0 radical (unpaired) electrons. The average Bonchev–Trinajstić information content (AvgIpc) is 2.54. The van der Waals surface area contributed by atoms with E-state index in [2.05, 4.69) is 18.2 Å². The molecule has 0 saturated carbocycles. The number of thioether (sulfide) groups is 1. The normalized spacial score (nSPS) is 10.9. The summed E-state index contributed by atoms with van der Waals surface area (Å²) in [4.78, 5) is 12.7. The molecule has 0 saturated heterocycles. The van der Waals surface area contributed by atoms with Gasteiger partial charge in [0.1, 0.15) is 0 Å². The number of carbonyl (C=O) groups is 1. The van der Waals surface area contributed by atoms with E-state index in [-0.39, 0.29) is 0 Å². The molecular formula is C18H19NO2S. The maximum Gasteiger partial charge on any atom is 0.269 e. The lowest BCUT2D eigenvalue weighted by molar-refractivity contribution is -0.153. The van der Waals surface area contributed by atoms with Gasteiger partial charge in [0.05, 0.1) is 0 Å². The summed E-state index contributed by atoms with van der Waals surface area (Å²) in [5, 5.41) is 9.69. The second-order valence-electron chi connectivity index (χ2n) is 4.92. The molecule has 0 fully saturated rings. The van der Waals surface area contributed by atoms with Crippen molar-refractivity contribution >= 4 is 23.7 Å². The number of hydrogen-bond donors (Lipinski definition) is 1. The molecule has 2 aromatic rings. The molecule has 0 unspecified atom stereocenters. The first-order chi connectivity index (χ1) is 10.6. The first-order valence-corrected chi connectivity index (χ1v) is 8.18. The summed E-state index contributed by atoms with van der Waals surface area (Å²) >= 11 is 1.69. The minimum absolute atomic E-state index is 0.445. The number of likely N-dealkylation sites (N-methyl/N-ethyl adjacent to an activating group) is 1. The number of hydroxylamine groups is 2. The molecule has 4 heteroatoms. The highest BCUT2D eigenvalue weighted by Crippen LogP contribution is 2.23. The van der Waals surface area contributed by atoms with E-state index in [1.54, 1.807) is 17.8 Å². The predicted molar refractivity (Wildman–Crippen MR) is 91.1 cm³/mol. The second-order valence-corrected chi connectivity index (χ2v) is 5.80. The van der Waals surface area contributed by atoms with Crippen molar-refractivity contribution in [1.29, 1.82) is 0 Å². The molecule has 0 spiro atoms. The van der Waals surface area contributed by atoms with Crippen LogP contribution in [-0.4, -0.2) is 29.5 Å². The van der Waals surface area contributed by atoms with Gasteiger partial charge in [-0.2, -0.15) is 0 Å². The standard InChI is InChI=1S/C18H19NO2S/c1-19(21)18(20)11-9-15-8-10-17(22-2)13-16(15)12-14-6-4-3-5-7-14/h3-11,13,21H,12H2,1-2H3/b11-9+. The van der Waals surface area contributed by atoms with E-state index >= 15 is 0 Å². The highest BCUT2D eigenvalue weighted by Gasteiger charge is 2.05. The van der Waals surface area contributed by atoms with Crippen molar-refractivity contribution in [3.8, 4) is 0 Å². The molecule has 3 nitrogen and oxygen atoms in total. The van der Waals surface area contributed by atoms with E-state index in [1.807, 2.05) is 36.6 Å². The summed E-state index contributed by atoms with van der Waals surface area (Å²) < 4.78 is 0. The van der Waals surface area contributed by atoms with Crippen molar-refractivity contribution < 1.29 is 10.0 Å². The van der Waals surface area contributed by atoms with Crippen LogP contribution in [0.2, 0.25) is 0 Å². The molecule has 0 aromatic heterocycles. The molecule has 114 valence electrons. The minimum atomic E-state index is -0.445. The quantitative estimate of drug-likeness (QED) is 0.394. The molecule has 0 atom stereocenters. The van der Waals surface area contributed by atoms with Gasteiger partial charge in [-0.25, -0.2) is 5.06 Å². The Bertz CT molecular complexity index is 666. The molecule has 2 rings (SSSR count). The van der Waals surface area contributed by atoms with Gasteiger partial charge in [0, 0.05) is 18.0 Å². The third-order valence-corrected chi connectivity index (χ3v) is 4.04. The zero-order valence-electron chi connectivity index (χ0n) is 12.7. The Hall–Kier alpha value is -2.04. The summed E-state index contributed by atoms with van der Waals surface area (Å²) in [5.74, 6) is -0.445. The zero-order valence-corrected chi connectivity index (χ0v) is 13.5. The molecule has 22 heavy (non-hydrogen) atoms. The van der Waals surface area contributed by atoms with E-state index in [1.165, 1.54) is 23.6 Å². The van der Waals surface area contributed by atoms with Gasteiger partial charge in [0.15, 0.2) is 0 Å². The average molecular weight is 313 g/mol. The van der Waals surface area contributed by atoms with Crippen molar-refractivity contribution in [2.75, 3.05) is 13.3 Å². The predicted octanol–water partition coefficient (Wildman–Crippen LogP) is 3.86. The fourth-order valence-corrected chi connectivity index (χ4v) is 2.57. The van der Waals surface area contributed by atoms with E-state index in [0.29, 0.717) is 5.06 Å². The van der Waals surface area contributed by atoms with E-state index < -0.39 is 5.91 Å². The summed E-state index contributed by atoms with van der Waals surface area (Å²) in [5.41, 5.74) is 3.36. The lowest BCUT2D eigenvalue weighted by Gasteiger charge is -2.09. The molecule has 1 amide bonds. The van der Waals surface area contributed by atoms with Crippen molar-refractivity contribution in [3.05, 3.63) is 71.3 Å². The Morgan fingerprint density at radius 3 is 2.59 bits per heavy atom. The highest BCUT2D eigenvalue weighted by molar-refractivity contribution is 7.98. The third-order valence-electron chi connectivity index (χ3n) is 3.31. The lowest BCUT2D eigenvalue weighted by atomic mass is 9.99. The van der Waals surface area contributed by atoms with Crippen LogP contribution in [0.5, 0.6) is 0 Å². The van der Waals surface area contributed by atoms with Crippen molar-refractivity contribution in [3.63, 3.8) is 0 Å². The van der Waals surface area contributed by atoms with Crippen LogP contribution in [0.25, 0.3) is 6.08 Å². The summed E-state index contributed by atoms with van der Waals surface area (Å²) in [6, 6.07) is 16.4. The first kappa shape index (κ1) is 16.3. The molecule has 1 N–H and O–H groups in total. The van der Waals surface area contributed by atoms with Crippen LogP contribution in [0.4, 0.5) is 0 Å². The number of hydrogen-bond acceptors (Lipinski definition) is 3. The Morgan fingerprint density at radius 2 is 1.95 bits per heavy atom. The summed E-state index contributed by atoms with van der Waals surface area (Å²) in [6.07, 6.45) is 5.97. The van der Waals surface area contributed by atoms with Crippen molar-refractivity contribution in [2.45, 2.75) is 11.3 Å². The number of carbonyl (C=O) groups excluding carboxylic acids is 1. The third kappa shape index (κ3) is 4.48. The molecule has 0 aliphatic carbocycles. The van der Waals surface area contributed by atoms with Crippen LogP contribution in [0.1, 0.15) is 16.7 Å². The lowest BCUT2D eigenvalue weighted by Crippen LogP contribution is -2.19. The Labute approximate surface area is 135 Å². The van der Waals surface area contributed by atoms with Crippen LogP contribution in [0.15, 0.2) is 59.5 Å². The highest BCUT2D eigenvalue weighted by atomic mass is 32.2. The molecule has 0 aliphatic rings. The minimum Gasteiger partial charge on any atom is -0.286 e. The largest absolute Gasteiger partial charge is 0.286 e. The van der Waals surface area contributed by atoms with Gasteiger partial charge in [-0.15, -0.1) is 11.8 Å². The van der Waals surface area contributed by atoms with Crippen LogP contribution in [0, 0.1) is 0 Å². The summed E-state index contributed by atoms with van der Waals surface area (Å²) in [6.45, 7) is 0. The van der Waals surface area contributed by atoms with Crippen molar-refractivity contribution in [1.82, 2.24) is 5.06 Å². The Morgan fingerprint density at radius 1 is 1.23 bits per heavy atom. The molecule has 0 aliphatic heterocycles. The zero-order chi connectivity index (χ0) is 15.9. The maximum atomic E-state index is 11.5. The number of rotatable bonds is 5. The number of nitrogens with zero attached hydrogens (tertiary/aromatic N) is 1. The molecule has 0 bridgehead atoms. The maximum absolute atomic E-state index is 11.5. The van der Waals surface area contributed by atoms with Gasteiger partial charge >= 0.3 is 0 Å². The summed E-state index contributed by atoms with van der Waals surface area (Å²) in [7, 11) is 1.31. The van der Waals surface area contributed by atoms with Crippen LogP contribution >= 0.6 is 11.8 Å². The number of amides is 1. The van der Waals surface area contributed by atoms with Gasteiger partial charge < -0.3 is 0 Å². The van der Waals surface area contributed by atoms with Gasteiger partial charge in [-0.1, -0.05) is 36.4 Å². The first-order valence-electron chi connectivity index (χ1n) is 6.95. The second kappa shape index (κ2) is 7.82. The molecule has 0 heterocycles.